The van der Waals surface area contributed by atoms with Crippen LogP contribution in [0.5, 0.6) is 0 Å². The molecule has 1 rings (SSSR count). The van der Waals surface area contributed by atoms with E-state index in [-0.39, 0.29) is 12.6 Å². The maximum absolute atomic E-state index is 9.01. The Bertz CT molecular complexity index is 150. The first kappa shape index (κ1) is 12.0. The Morgan fingerprint density at radius 1 is 1.29 bits per heavy atom. The first-order chi connectivity index (χ1) is 6.65. The second-order valence-electron chi connectivity index (χ2n) is 5.06. The van der Waals surface area contributed by atoms with E-state index in [0.29, 0.717) is 5.92 Å². The van der Waals surface area contributed by atoms with Crippen molar-refractivity contribution in [2.45, 2.75) is 52.0 Å². The van der Waals surface area contributed by atoms with Gasteiger partial charge in [-0.1, -0.05) is 19.8 Å². The van der Waals surface area contributed by atoms with Gasteiger partial charge in [-0.3, -0.25) is 0 Å². The molecule has 0 spiro atoms. The first-order valence-corrected chi connectivity index (χ1v) is 6.01. The van der Waals surface area contributed by atoms with Crippen molar-refractivity contribution in [3.05, 3.63) is 0 Å². The lowest BCUT2D eigenvalue weighted by Gasteiger charge is -2.34. The fraction of sp³-hybridized carbons (Fsp3) is 1.00. The predicted octanol–water partition coefficient (Wildman–Crippen LogP) is 2.16. The standard InChI is InChI=1S/C12H25NO/c1-9-3-5-11(6-4-9)12(7-8-14)10(2)13/h9-12,14H,3-8,13H2,1-2H3. The molecule has 0 aromatic carbocycles. The van der Waals surface area contributed by atoms with E-state index in [1.165, 1.54) is 25.7 Å². The molecule has 0 heterocycles. The zero-order chi connectivity index (χ0) is 10.6. The number of nitrogens with two attached hydrogens (primary N) is 1. The van der Waals surface area contributed by atoms with E-state index in [2.05, 4.69) is 13.8 Å². The van der Waals surface area contributed by atoms with Crippen molar-refractivity contribution in [2.75, 3.05) is 6.61 Å². The van der Waals surface area contributed by atoms with Crippen LogP contribution in [0.4, 0.5) is 0 Å². The van der Waals surface area contributed by atoms with Gasteiger partial charge in [0.1, 0.15) is 0 Å². The summed E-state index contributed by atoms with van der Waals surface area (Å²) in [5.74, 6) is 2.19. The summed E-state index contributed by atoms with van der Waals surface area (Å²) in [6.07, 6.45) is 6.20. The number of hydrogen-bond acceptors (Lipinski definition) is 2. The van der Waals surface area contributed by atoms with Crippen LogP contribution in [0, 0.1) is 17.8 Å². The monoisotopic (exact) mass is 199 g/mol. The first-order valence-electron chi connectivity index (χ1n) is 6.01. The minimum absolute atomic E-state index is 0.237. The second-order valence-corrected chi connectivity index (χ2v) is 5.06. The molecule has 0 radical (unpaired) electrons. The van der Waals surface area contributed by atoms with Crippen molar-refractivity contribution in [2.24, 2.45) is 23.5 Å². The third-order valence-electron chi connectivity index (χ3n) is 3.80. The van der Waals surface area contributed by atoms with Crippen molar-refractivity contribution in [3.63, 3.8) is 0 Å². The van der Waals surface area contributed by atoms with Gasteiger partial charge in [0, 0.05) is 12.6 Å². The molecule has 3 N–H and O–H groups in total. The lowest BCUT2D eigenvalue weighted by atomic mass is 9.73. The fourth-order valence-corrected chi connectivity index (χ4v) is 2.79. The zero-order valence-electron chi connectivity index (χ0n) is 9.58. The normalized spacial score (nSPS) is 32.6. The van der Waals surface area contributed by atoms with Crippen LogP contribution in [0.15, 0.2) is 0 Å². The Labute approximate surface area is 87.9 Å². The maximum atomic E-state index is 9.01. The Hall–Kier alpha value is -0.0800. The Morgan fingerprint density at radius 3 is 2.29 bits per heavy atom. The average molecular weight is 199 g/mol. The number of rotatable bonds is 4. The minimum Gasteiger partial charge on any atom is -0.396 e. The van der Waals surface area contributed by atoms with Crippen LogP contribution in [0.2, 0.25) is 0 Å². The highest BCUT2D eigenvalue weighted by Gasteiger charge is 2.27. The molecule has 1 aliphatic rings. The quantitative estimate of drug-likeness (QED) is 0.729. The Kier molecular flexibility index (Phi) is 4.90. The molecule has 2 atom stereocenters. The molecule has 2 nitrogen and oxygen atoms in total. The van der Waals surface area contributed by atoms with Crippen molar-refractivity contribution in [1.82, 2.24) is 0 Å². The second kappa shape index (κ2) is 5.72. The molecule has 2 unspecified atom stereocenters. The molecule has 84 valence electrons. The third-order valence-corrected chi connectivity index (χ3v) is 3.80. The Morgan fingerprint density at radius 2 is 1.86 bits per heavy atom. The van der Waals surface area contributed by atoms with Gasteiger partial charge in [0.05, 0.1) is 0 Å². The SMILES string of the molecule is CC1CCC(C(CCO)C(C)N)CC1. The molecular formula is C12H25NO. The highest BCUT2D eigenvalue weighted by atomic mass is 16.3. The summed E-state index contributed by atoms with van der Waals surface area (Å²) in [6.45, 7) is 4.71. The Balaban J connectivity index is 2.43. The van der Waals surface area contributed by atoms with Crippen LogP contribution < -0.4 is 5.73 Å². The van der Waals surface area contributed by atoms with Crippen LogP contribution in [-0.2, 0) is 0 Å². The van der Waals surface area contributed by atoms with Crippen LogP contribution in [0.3, 0.4) is 0 Å². The molecule has 2 heteroatoms. The topological polar surface area (TPSA) is 46.2 Å². The van der Waals surface area contributed by atoms with Gasteiger partial charge >= 0.3 is 0 Å². The van der Waals surface area contributed by atoms with Crippen LogP contribution >= 0.6 is 0 Å². The van der Waals surface area contributed by atoms with Crippen molar-refractivity contribution >= 4 is 0 Å². The summed E-state index contributed by atoms with van der Waals surface area (Å²) in [7, 11) is 0. The highest BCUT2D eigenvalue weighted by Crippen LogP contribution is 2.35. The molecule has 0 saturated heterocycles. The van der Waals surface area contributed by atoms with Gasteiger partial charge in [0.25, 0.3) is 0 Å². The van der Waals surface area contributed by atoms with Crippen LogP contribution in [-0.4, -0.2) is 17.8 Å². The maximum Gasteiger partial charge on any atom is 0.0434 e. The van der Waals surface area contributed by atoms with Gasteiger partial charge < -0.3 is 10.8 Å². The lowest BCUT2D eigenvalue weighted by Crippen LogP contribution is -2.35. The van der Waals surface area contributed by atoms with Gasteiger partial charge in [-0.2, -0.15) is 0 Å². The van der Waals surface area contributed by atoms with E-state index < -0.39 is 0 Å². The van der Waals surface area contributed by atoms with E-state index in [1.807, 2.05) is 0 Å². The largest absolute Gasteiger partial charge is 0.396 e. The van der Waals surface area contributed by atoms with Crippen molar-refractivity contribution < 1.29 is 5.11 Å². The van der Waals surface area contributed by atoms with Gasteiger partial charge in [0.15, 0.2) is 0 Å². The van der Waals surface area contributed by atoms with Gasteiger partial charge in [-0.25, -0.2) is 0 Å². The molecule has 1 saturated carbocycles. The van der Waals surface area contributed by atoms with Gasteiger partial charge in [-0.05, 0) is 43.9 Å². The minimum atomic E-state index is 0.237. The van der Waals surface area contributed by atoms with Crippen LogP contribution in [0.1, 0.15) is 46.0 Å². The summed E-state index contributed by atoms with van der Waals surface area (Å²) < 4.78 is 0. The van der Waals surface area contributed by atoms with E-state index >= 15 is 0 Å². The van der Waals surface area contributed by atoms with E-state index in [1.54, 1.807) is 0 Å². The molecule has 0 amide bonds. The van der Waals surface area contributed by atoms with E-state index in [4.69, 9.17) is 10.8 Å². The smallest absolute Gasteiger partial charge is 0.0434 e. The van der Waals surface area contributed by atoms with E-state index in [9.17, 15) is 0 Å². The van der Waals surface area contributed by atoms with Crippen LogP contribution in [0.25, 0.3) is 0 Å². The summed E-state index contributed by atoms with van der Waals surface area (Å²) >= 11 is 0. The third kappa shape index (κ3) is 3.25. The zero-order valence-corrected chi connectivity index (χ0v) is 9.58. The number of aliphatic hydroxyl groups excluding tert-OH is 1. The molecule has 14 heavy (non-hydrogen) atoms. The molecule has 1 aliphatic carbocycles. The van der Waals surface area contributed by atoms with E-state index in [0.717, 1.165) is 18.3 Å². The molecular weight excluding hydrogens is 174 g/mol. The lowest BCUT2D eigenvalue weighted by molar-refractivity contribution is 0.153. The predicted molar refractivity (Wildman–Crippen MR) is 60.0 cm³/mol. The molecule has 0 aromatic heterocycles. The molecule has 1 fully saturated rings. The number of hydrogen-bond donors (Lipinski definition) is 2. The summed E-state index contributed by atoms with van der Waals surface area (Å²) in [5, 5.41) is 9.01. The molecule has 0 aliphatic heterocycles. The highest BCUT2D eigenvalue weighted by molar-refractivity contribution is 4.80. The van der Waals surface area contributed by atoms with Crippen molar-refractivity contribution in [3.8, 4) is 0 Å². The summed E-state index contributed by atoms with van der Waals surface area (Å²) in [5.41, 5.74) is 5.98. The average Bonchev–Trinajstić information content (AvgIpc) is 2.15. The molecule has 0 bridgehead atoms. The molecule has 0 aromatic rings. The van der Waals surface area contributed by atoms with Crippen molar-refractivity contribution in [1.29, 1.82) is 0 Å². The summed E-state index contributed by atoms with van der Waals surface area (Å²) in [6, 6.07) is 0.237. The van der Waals surface area contributed by atoms with Gasteiger partial charge in [0.2, 0.25) is 0 Å². The number of aliphatic hydroxyl groups is 1. The fourth-order valence-electron chi connectivity index (χ4n) is 2.79. The summed E-state index contributed by atoms with van der Waals surface area (Å²) in [4.78, 5) is 0. The van der Waals surface area contributed by atoms with Gasteiger partial charge in [-0.15, -0.1) is 0 Å².